The topological polar surface area (TPSA) is 134 Å². The van der Waals surface area contributed by atoms with Crippen molar-refractivity contribution in [2.75, 3.05) is 12.3 Å². The van der Waals surface area contributed by atoms with E-state index in [9.17, 15) is 13.2 Å². The molecule has 1 aliphatic rings. The molecule has 1 saturated heterocycles. The predicted octanol–water partition coefficient (Wildman–Crippen LogP) is 2.70. The van der Waals surface area contributed by atoms with Crippen LogP contribution in [0.4, 0.5) is 10.5 Å². The number of nitrogens with two attached hydrogens (primary N) is 2. The maximum atomic E-state index is 12.7. The van der Waals surface area contributed by atoms with Gasteiger partial charge in [-0.3, -0.25) is 4.90 Å². The van der Waals surface area contributed by atoms with Gasteiger partial charge >= 0.3 is 6.09 Å². The number of likely N-dealkylation sites (tertiary alicyclic amines) is 1. The Morgan fingerprint density at radius 3 is 2.66 bits per heavy atom. The summed E-state index contributed by atoms with van der Waals surface area (Å²) in [7, 11) is -3.97. The zero-order valence-electron chi connectivity index (χ0n) is 16.8. The van der Waals surface area contributed by atoms with E-state index in [0.29, 0.717) is 23.4 Å². The van der Waals surface area contributed by atoms with E-state index >= 15 is 0 Å². The number of sulfonamides is 1. The van der Waals surface area contributed by atoms with Crippen molar-refractivity contribution in [3.05, 3.63) is 30.6 Å². The highest BCUT2D eigenvalue weighted by Crippen LogP contribution is 2.32. The molecule has 2 heterocycles. The molecule has 2 aromatic rings. The number of anilines is 1. The third kappa shape index (κ3) is 4.88. The van der Waals surface area contributed by atoms with Crippen molar-refractivity contribution in [1.29, 1.82) is 0 Å². The molecule has 1 atom stereocenters. The van der Waals surface area contributed by atoms with Gasteiger partial charge in [0.1, 0.15) is 11.8 Å². The third-order valence-corrected chi connectivity index (χ3v) is 5.58. The molecule has 1 fully saturated rings. The first-order valence-corrected chi connectivity index (χ1v) is 11.0. The van der Waals surface area contributed by atoms with Crippen molar-refractivity contribution in [2.45, 2.75) is 56.7 Å². The largest absolute Gasteiger partial charge is 0.444 e. The number of hydrogen-bond acceptors (Lipinski definition) is 6. The highest BCUT2D eigenvalue weighted by molar-refractivity contribution is 7.89. The molecular formula is C19H27N5O4S. The van der Waals surface area contributed by atoms with Crippen LogP contribution in [0.25, 0.3) is 11.1 Å². The van der Waals surface area contributed by atoms with Crippen molar-refractivity contribution in [1.82, 2.24) is 14.7 Å². The number of ether oxygens (including phenoxy) is 1. The maximum absolute atomic E-state index is 12.7. The number of piperidine rings is 1. The second kappa shape index (κ2) is 7.68. The quantitative estimate of drug-likeness (QED) is 0.732. The molecule has 10 heteroatoms. The molecule has 0 radical (unpaired) electrons. The molecule has 4 N–H and O–H groups in total. The fraction of sp³-hybridized carbons (Fsp3) is 0.474. The summed E-state index contributed by atoms with van der Waals surface area (Å²) in [5, 5.41) is 9.75. The summed E-state index contributed by atoms with van der Waals surface area (Å²) in [6.45, 7) is 6.04. The summed E-state index contributed by atoms with van der Waals surface area (Å²) in [6, 6.07) is 4.54. The number of primary sulfonamides is 1. The smallest absolute Gasteiger partial charge is 0.411 e. The summed E-state index contributed by atoms with van der Waals surface area (Å²) in [5.74, 6) is 0. The van der Waals surface area contributed by atoms with Crippen LogP contribution in [-0.2, 0) is 14.8 Å². The number of nitrogen functional groups attached to an aromatic ring is 1. The summed E-state index contributed by atoms with van der Waals surface area (Å²) in [4.78, 5) is 14.2. The first-order valence-electron chi connectivity index (χ1n) is 9.42. The molecule has 0 saturated carbocycles. The predicted molar refractivity (Wildman–Crippen MR) is 109 cm³/mol. The lowest BCUT2D eigenvalue weighted by atomic mass is 10.1. The first kappa shape index (κ1) is 21.1. The summed E-state index contributed by atoms with van der Waals surface area (Å²) < 4.78 is 31.2. The number of benzene rings is 1. The second-order valence-electron chi connectivity index (χ2n) is 8.16. The average molecular weight is 422 g/mol. The molecule has 1 aromatic carbocycles. The number of carbonyl (C=O) groups is 1. The minimum Gasteiger partial charge on any atom is -0.444 e. The van der Waals surface area contributed by atoms with Crippen molar-refractivity contribution in [3.63, 3.8) is 0 Å². The number of amides is 1. The van der Waals surface area contributed by atoms with E-state index in [-0.39, 0.29) is 11.1 Å². The van der Waals surface area contributed by atoms with Crippen LogP contribution < -0.4 is 10.9 Å². The fourth-order valence-corrected chi connectivity index (χ4v) is 4.17. The van der Waals surface area contributed by atoms with Gasteiger partial charge in [0.2, 0.25) is 10.0 Å². The Bertz CT molecular complexity index is 1010. The molecule has 0 spiro atoms. The Labute approximate surface area is 170 Å². The molecule has 0 bridgehead atoms. The molecule has 29 heavy (non-hydrogen) atoms. The Kier molecular flexibility index (Phi) is 5.59. The lowest BCUT2D eigenvalue weighted by molar-refractivity contribution is -0.00344. The van der Waals surface area contributed by atoms with E-state index in [4.69, 9.17) is 15.6 Å². The van der Waals surface area contributed by atoms with Crippen LogP contribution >= 0.6 is 0 Å². The van der Waals surface area contributed by atoms with E-state index in [1.807, 2.05) is 20.8 Å². The Morgan fingerprint density at radius 1 is 1.28 bits per heavy atom. The van der Waals surface area contributed by atoms with Gasteiger partial charge in [0.25, 0.3) is 0 Å². The van der Waals surface area contributed by atoms with Gasteiger partial charge in [-0.15, -0.1) is 0 Å². The van der Waals surface area contributed by atoms with Gasteiger partial charge in [-0.2, -0.15) is 5.10 Å². The summed E-state index contributed by atoms with van der Waals surface area (Å²) in [5.41, 5.74) is 6.42. The number of aromatic nitrogens is 2. The Morgan fingerprint density at radius 2 is 2.00 bits per heavy atom. The molecule has 9 nitrogen and oxygen atoms in total. The molecular weight excluding hydrogens is 394 g/mol. The zero-order chi connectivity index (χ0) is 21.4. The minimum atomic E-state index is -3.97. The van der Waals surface area contributed by atoms with Crippen LogP contribution in [-0.4, -0.2) is 41.3 Å². The van der Waals surface area contributed by atoms with Crippen LogP contribution in [0.3, 0.4) is 0 Å². The van der Waals surface area contributed by atoms with Crippen LogP contribution in [0.1, 0.15) is 46.2 Å². The van der Waals surface area contributed by atoms with E-state index in [1.54, 1.807) is 34.1 Å². The van der Waals surface area contributed by atoms with E-state index in [1.165, 1.54) is 6.07 Å². The maximum Gasteiger partial charge on any atom is 0.411 e. The third-order valence-electron chi connectivity index (χ3n) is 4.63. The van der Waals surface area contributed by atoms with Gasteiger partial charge in [0.05, 0.1) is 11.1 Å². The SMILES string of the molecule is CC(C)(C)OC(=O)N1CCCCC1n1cc(-c2ccc(N)cc2S(N)(=O)=O)cn1. The van der Waals surface area contributed by atoms with Crippen molar-refractivity contribution in [3.8, 4) is 11.1 Å². The number of carbonyl (C=O) groups excluding carboxylic acids is 1. The van der Waals surface area contributed by atoms with Gasteiger partial charge in [-0.1, -0.05) is 6.07 Å². The van der Waals surface area contributed by atoms with E-state index in [0.717, 1.165) is 19.3 Å². The molecule has 1 aliphatic heterocycles. The number of nitrogens with zero attached hydrogens (tertiary/aromatic N) is 3. The van der Waals surface area contributed by atoms with Crippen LogP contribution in [0, 0.1) is 0 Å². The molecule has 158 valence electrons. The molecule has 1 aromatic heterocycles. The van der Waals surface area contributed by atoms with Crippen molar-refractivity contribution in [2.24, 2.45) is 5.14 Å². The van der Waals surface area contributed by atoms with Crippen LogP contribution in [0.2, 0.25) is 0 Å². The van der Waals surface area contributed by atoms with E-state index < -0.39 is 21.7 Å². The summed E-state index contributed by atoms with van der Waals surface area (Å²) in [6.07, 6.45) is 5.14. The minimum absolute atomic E-state index is 0.0651. The molecule has 0 aliphatic carbocycles. The van der Waals surface area contributed by atoms with Crippen LogP contribution in [0.5, 0.6) is 0 Å². The molecule has 3 rings (SSSR count). The average Bonchev–Trinajstić information content (AvgIpc) is 3.09. The van der Waals surface area contributed by atoms with Gasteiger partial charge in [0.15, 0.2) is 0 Å². The first-order chi connectivity index (χ1) is 13.5. The Balaban J connectivity index is 1.94. The monoisotopic (exact) mass is 421 g/mol. The fourth-order valence-electron chi connectivity index (χ4n) is 3.38. The highest BCUT2D eigenvalue weighted by atomic mass is 32.2. The Hall–Kier alpha value is -2.59. The normalized spacial score (nSPS) is 17.9. The van der Waals surface area contributed by atoms with E-state index in [2.05, 4.69) is 5.10 Å². The number of hydrogen-bond donors (Lipinski definition) is 2. The highest BCUT2D eigenvalue weighted by Gasteiger charge is 2.32. The standard InChI is InChI=1S/C19H27N5O4S/c1-19(2,3)28-18(25)23-9-5-4-6-17(23)24-12-13(11-22-24)15-8-7-14(20)10-16(15)29(21,26)27/h7-8,10-12,17H,4-6,9,20H2,1-3H3,(H2,21,26,27). The second-order valence-corrected chi connectivity index (χ2v) is 9.69. The van der Waals surface area contributed by atoms with Crippen molar-refractivity contribution >= 4 is 21.8 Å². The van der Waals surface area contributed by atoms with Gasteiger partial charge in [-0.05, 0) is 52.2 Å². The van der Waals surface area contributed by atoms with Gasteiger partial charge in [0, 0.05) is 29.6 Å². The zero-order valence-corrected chi connectivity index (χ0v) is 17.6. The van der Waals surface area contributed by atoms with Crippen LogP contribution in [0.15, 0.2) is 35.5 Å². The molecule has 1 amide bonds. The molecule has 1 unspecified atom stereocenters. The van der Waals surface area contributed by atoms with Crippen molar-refractivity contribution < 1.29 is 17.9 Å². The number of rotatable bonds is 3. The lowest BCUT2D eigenvalue weighted by Gasteiger charge is -2.36. The van der Waals surface area contributed by atoms with Gasteiger partial charge < -0.3 is 10.5 Å². The lowest BCUT2D eigenvalue weighted by Crippen LogP contribution is -2.44. The summed E-state index contributed by atoms with van der Waals surface area (Å²) >= 11 is 0. The van der Waals surface area contributed by atoms with Gasteiger partial charge in [-0.25, -0.2) is 23.0 Å².